The first kappa shape index (κ1) is 16.3. The van der Waals surface area contributed by atoms with Gasteiger partial charge in [-0.2, -0.15) is 0 Å². The van der Waals surface area contributed by atoms with Gasteiger partial charge < -0.3 is 10.4 Å². The van der Waals surface area contributed by atoms with Crippen LogP contribution in [-0.2, 0) is 4.79 Å². The zero-order chi connectivity index (χ0) is 15.7. The molecule has 0 spiro atoms. The van der Waals surface area contributed by atoms with Crippen molar-refractivity contribution in [2.24, 2.45) is 23.2 Å². The van der Waals surface area contributed by atoms with Crippen molar-refractivity contribution >= 4 is 5.91 Å². The second-order valence-electron chi connectivity index (χ2n) is 8.48. The van der Waals surface area contributed by atoms with Crippen LogP contribution in [0.3, 0.4) is 0 Å². The molecule has 4 heteroatoms. The highest BCUT2D eigenvalue weighted by molar-refractivity contribution is 5.78. The van der Waals surface area contributed by atoms with Crippen molar-refractivity contribution in [3.63, 3.8) is 0 Å². The Morgan fingerprint density at radius 2 is 2.23 bits per heavy atom. The molecule has 3 fully saturated rings. The van der Waals surface area contributed by atoms with Crippen LogP contribution in [0.1, 0.15) is 52.4 Å². The van der Waals surface area contributed by atoms with Crippen LogP contribution in [0.4, 0.5) is 0 Å². The van der Waals surface area contributed by atoms with Crippen molar-refractivity contribution < 1.29 is 9.90 Å². The molecule has 1 saturated heterocycles. The largest absolute Gasteiger partial charge is 0.396 e. The van der Waals surface area contributed by atoms with Gasteiger partial charge in [-0.3, -0.25) is 9.69 Å². The summed E-state index contributed by atoms with van der Waals surface area (Å²) in [4.78, 5) is 14.6. The summed E-state index contributed by atoms with van der Waals surface area (Å²) >= 11 is 0. The molecule has 3 aliphatic rings. The summed E-state index contributed by atoms with van der Waals surface area (Å²) in [6, 6.07) is 0.316. The van der Waals surface area contributed by atoms with E-state index in [1.54, 1.807) is 0 Å². The lowest BCUT2D eigenvalue weighted by Gasteiger charge is -2.39. The molecule has 22 heavy (non-hydrogen) atoms. The standard InChI is InChI=1S/C18H32N2O2/c1-13(16-9-14-4-5-15(16)8-14)19-17(22)10-20-7-3-6-18(2,11-20)12-21/h13-16,21H,3-12H2,1-2H3,(H,19,22). The van der Waals surface area contributed by atoms with Gasteiger partial charge in [0, 0.05) is 24.6 Å². The summed E-state index contributed by atoms with van der Waals surface area (Å²) < 4.78 is 0. The average molecular weight is 308 g/mol. The molecular formula is C18H32N2O2. The maximum Gasteiger partial charge on any atom is 0.234 e. The normalized spacial score (nSPS) is 39.9. The number of aliphatic hydroxyl groups is 1. The van der Waals surface area contributed by atoms with Crippen LogP contribution in [-0.4, -0.2) is 48.2 Å². The molecule has 2 saturated carbocycles. The minimum absolute atomic E-state index is 0.0330. The minimum Gasteiger partial charge on any atom is -0.396 e. The van der Waals surface area contributed by atoms with Crippen molar-refractivity contribution in [3.05, 3.63) is 0 Å². The molecular weight excluding hydrogens is 276 g/mol. The van der Waals surface area contributed by atoms with E-state index in [2.05, 4.69) is 24.1 Å². The number of aliphatic hydroxyl groups excluding tert-OH is 1. The van der Waals surface area contributed by atoms with Gasteiger partial charge in [-0.15, -0.1) is 0 Å². The summed E-state index contributed by atoms with van der Waals surface area (Å²) in [6.07, 6.45) is 7.63. The van der Waals surface area contributed by atoms with Gasteiger partial charge in [-0.1, -0.05) is 13.3 Å². The predicted octanol–water partition coefficient (Wildman–Crippen LogP) is 2.02. The van der Waals surface area contributed by atoms with Crippen molar-refractivity contribution in [1.82, 2.24) is 10.2 Å². The molecule has 0 aromatic heterocycles. The third-order valence-electron chi connectivity index (χ3n) is 6.43. The summed E-state index contributed by atoms with van der Waals surface area (Å²) in [5.74, 6) is 2.65. The first-order valence-electron chi connectivity index (χ1n) is 9.12. The number of nitrogens with zero attached hydrogens (tertiary/aromatic N) is 1. The van der Waals surface area contributed by atoms with E-state index in [1.807, 2.05) is 0 Å². The zero-order valence-corrected chi connectivity index (χ0v) is 14.2. The van der Waals surface area contributed by atoms with Crippen LogP contribution in [0.25, 0.3) is 0 Å². The van der Waals surface area contributed by atoms with E-state index in [1.165, 1.54) is 25.7 Å². The highest BCUT2D eigenvalue weighted by atomic mass is 16.3. The fourth-order valence-corrected chi connectivity index (χ4v) is 5.21. The smallest absolute Gasteiger partial charge is 0.234 e. The molecule has 1 aliphatic heterocycles. The van der Waals surface area contributed by atoms with Gasteiger partial charge in [-0.25, -0.2) is 0 Å². The Hall–Kier alpha value is -0.610. The van der Waals surface area contributed by atoms with E-state index in [9.17, 15) is 9.90 Å². The molecule has 0 radical (unpaired) electrons. The lowest BCUT2D eigenvalue weighted by molar-refractivity contribution is -0.124. The monoisotopic (exact) mass is 308 g/mol. The van der Waals surface area contributed by atoms with E-state index in [0.717, 1.165) is 37.8 Å². The van der Waals surface area contributed by atoms with Crippen LogP contribution in [0.15, 0.2) is 0 Å². The van der Waals surface area contributed by atoms with Gasteiger partial charge >= 0.3 is 0 Å². The van der Waals surface area contributed by atoms with Gasteiger partial charge in [0.1, 0.15) is 0 Å². The van der Waals surface area contributed by atoms with Gasteiger partial charge in [0.25, 0.3) is 0 Å². The van der Waals surface area contributed by atoms with Crippen molar-refractivity contribution in [2.75, 3.05) is 26.2 Å². The number of nitrogens with one attached hydrogen (secondary N) is 1. The SMILES string of the molecule is CC(NC(=O)CN1CCCC(C)(CO)C1)C1CC2CCC1C2. The molecule has 5 atom stereocenters. The fraction of sp³-hybridized carbons (Fsp3) is 0.944. The number of likely N-dealkylation sites (tertiary alicyclic amines) is 1. The van der Waals surface area contributed by atoms with Crippen LogP contribution >= 0.6 is 0 Å². The van der Waals surface area contributed by atoms with E-state index in [0.29, 0.717) is 18.5 Å². The lowest BCUT2D eigenvalue weighted by Crippen LogP contribution is -2.49. The first-order chi connectivity index (χ1) is 10.5. The highest BCUT2D eigenvalue weighted by Gasteiger charge is 2.42. The summed E-state index contributed by atoms with van der Waals surface area (Å²) in [5, 5.41) is 12.8. The van der Waals surface area contributed by atoms with Crippen molar-refractivity contribution in [3.8, 4) is 0 Å². The van der Waals surface area contributed by atoms with E-state index in [4.69, 9.17) is 0 Å². The topological polar surface area (TPSA) is 52.6 Å². The number of hydrogen-bond donors (Lipinski definition) is 2. The molecule has 3 rings (SSSR count). The highest BCUT2D eigenvalue weighted by Crippen LogP contribution is 2.49. The maximum atomic E-state index is 12.4. The number of carbonyl (C=O) groups is 1. The molecule has 2 aliphatic carbocycles. The number of rotatable bonds is 5. The van der Waals surface area contributed by atoms with Gasteiger partial charge in [0.15, 0.2) is 0 Å². The Balaban J connectivity index is 1.46. The maximum absolute atomic E-state index is 12.4. The van der Waals surface area contributed by atoms with Crippen molar-refractivity contribution in [2.45, 2.75) is 58.4 Å². The third kappa shape index (κ3) is 3.48. The fourth-order valence-electron chi connectivity index (χ4n) is 5.21. The Kier molecular flexibility index (Phi) is 4.79. The van der Waals surface area contributed by atoms with Gasteiger partial charge in [0.2, 0.25) is 5.91 Å². The summed E-state index contributed by atoms with van der Waals surface area (Å²) in [7, 11) is 0. The predicted molar refractivity (Wildman–Crippen MR) is 87.4 cm³/mol. The van der Waals surface area contributed by atoms with Crippen LogP contribution in [0, 0.1) is 23.2 Å². The Bertz CT molecular complexity index is 408. The first-order valence-corrected chi connectivity index (χ1v) is 9.12. The molecule has 0 aromatic carbocycles. The second kappa shape index (κ2) is 6.48. The Labute approximate surface area is 134 Å². The molecule has 2 N–H and O–H groups in total. The van der Waals surface area contributed by atoms with E-state index in [-0.39, 0.29) is 17.9 Å². The van der Waals surface area contributed by atoms with Crippen molar-refractivity contribution in [1.29, 1.82) is 0 Å². The lowest BCUT2D eigenvalue weighted by atomic mass is 9.82. The average Bonchev–Trinajstić information content (AvgIpc) is 3.10. The van der Waals surface area contributed by atoms with Gasteiger partial charge in [0.05, 0.1) is 6.54 Å². The summed E-state index contributed by atoms with van der Waals surface area (Å²) in [6.45, 7) is 6.82. The third-order valence-corrected chi connectivity index (χ3v) is 6.43. The molecule has 2 bridgehead atoms. The molecule has 126 valence electrons. The number of fused-ring (bicyclic) bond motifs is 2. The number of hydrogen-bond acceptors (Lipinski definition) is 3. The molecule has 5 unspecified atom stereocenters. The van der Waals surface area contributed by atoms with E-state index >= 15 is 0 Å². The van der Waals surface area contributed by atoms with Crippen LogP contribution in [0.5, 0.6) is 0 Å². The van der Waals surface area contributed by atoms with E-state index < -0.39 is 0 Å². The van der Waals surface area contributed by atoms with Crippen LogP contribution in [0.2, 0.25) is 0 Å². The Morgan fingerprint density at radius 3 is 2.86 bits per heavy atom. The summed E-state index contributed by atoms with van der Waals surface area (Å²) in [5.41, 5.74) is -0.0330. The van der Waals surface area contributed by atoms with Crippen LogP contribution < -0.4 is 5.32 Å². The molecule has 4 nitrogen and oxygen atoms in total. The number of piperidine rings is 1. The second-order valence-corrected chi connectivity index (χ2v) is 8.48. The molecule has 0 aromatic rings. The van der Waals surface area contributed by atoms with Gasteiger partial charge in [-0.05, 0) is 63.3 Å². The number of amides is 1. The minimum atomic E-state index is -0.0330. The molecule has 1 heterocycles. The Morgan fingerprint density at radius 1 is 1.41 bits per heavy atom. The molecule has 1 amide bonds. The zero-order valence-electron chi connectivity index (χ0n) is 14.2. The quantitative estimate of drug-likeness (QED) is 0.817. The number of carbonyl (C=O) groups excluding carboxylic acids is 1.